The quantitative estimate of drug-likeness (QED) is 0.868. The van der Waals surface area contributed by atoms with Crippen molar-refractivity contribution in [3.05, 3.63) is 54.4 Å². The summed E-state index contributed by atoms with van der Waals surface area (Å²) < 4.78 is 0. The number of nitrogens with one attached hydrogen (secondary N) is 1. The number of fused-ring (bicyclic) bond motifs is 1. The van der Waals surface area contributed by atoms with Crippen LogP contribution in [0.25, 0.3) is 0 Å². The van der Waals surface area contributed by atoms with Gasteiger partial charge in [0.05, 0.1) is 11.7 Å². The van der Waals surface area contributed by atoms with E-state index in [4.69, 9.17) is 0 Å². The van der Waals surface area contributed by atoms with Gasteiger partial charge in [0, 0.05) is 23.0 Å². The molecule has 1 atom stereocenters. The first kappa shape index (κ1) is 10.7. The molecular formula is C14H14N2S. The summed E-state index contributed by atoms with van der Waals surface area (Å²) in [5.74, 6) is 1.18. The number of rotatable bonds is 2. The highest BCUT2D eigenvalue weighted by molar-refractivity contribution is 7.99. The van der Waals surface area contributed by atoms with Crippen LogP contribution in [0.3, 0.4) is 0 Å². The van der Waals surface area contributed by atoms with Crippen LogP contribution in [0.1, 0.15) is 18.0 Å². The maximum absolute atomic E-state index is 4.14. The molecule has 3 rings (SSSR count). The molecule has 0 fully saturated rings. The topological polar surface area (TPSA) is 24.9 Å². The SMILES string of the molecule is c1cncc(NC2CCSc3ccccc32)c1. The lowest BCUT2D eigenvalue weighted by atomic mass is 10.0. The van der Waals surface area contributed by atoms with Gasteiger partial charge in [0.25, 0.3) is 0 Å². The highest BCUT2D eigenvalue weighted by Gasteiger charge is 2.19. The minimum atomic E-state index is 0.414. The smallest absolute Gasteiger partial charge is 0.0533 e. The zero-order valence-electron chi connectivity index (χ0n) is 9.47. The first-order valence-electron chi connectivity index (χ1n) is 5.82. The molecule has 2 aromatic rings. The lowest BCUT2D eigenvalue weighted by molar-refractivity contribution is 0.728. The van der Waals surface area contributed by atoms with Crippen molar-refractivity contribution >= 4 is 17.4 Å². The second-order valence-electron chi connectivity index (χ2n) is 4.11. The minimum absolute atomic E-state index is 0.414. The van der Waals surface area contributed by atoms with Gasteiger partial charge in [0.1, 0.15) is 0 Å². The maximum atomic E-state index is 4.14. The van der Waals surface area contributed by atoms with Gasteiger partial charge < -0.3 is 5.32 Å². The fourth-order valence-electron chi connectivity index (χ4n) is 2.14. The molecule has 1 aliphatic rings. The van der Waals surface area contributed by atoms with Gasteiger partial charge in [-0.1, -0.05) is 18.2 Å². The molecular weight excluding hydrogens is 228 g/mol. The Morgan fingerprint density at radius 2 is 2.12 bits per heavy atom. The van der Waals surface area contributed by atoms with Crippen molar-refractivity contribution in [1.82, 2.24) is 4.98 Å². The van der Waals surface area contributed by atoms with Gasteiger partial charge in [0.2, 0.25) is 0 Å². The molecule has 1 aliphatic heterocycles. The first-order chi connectivity index (χ1) is 8.43. The molecule has 3 heteroatoms. The molecule has 1 N–H and O–H groups in total. The van der Waals surface area contributed by atoms with Gasteiger partial charge in [-0.25, -0.2) is 0 Å². The van der Waals surface area contributed by atoms with E-state index < -0.39 is 0 Å². The van der Waals surface area contributed by atoms with E-state index in [1.54, 1.807) is 6.20 Å². The third-order valence-corrected chi connectivity index (χ3v) is 4.08. The predicted molar refractivity (Wildman–Crippen MR) is 72.4 cm³/mol. The van der Waals surface area contributed by atoms with E-state index in [0.29, 0.717) is 6.04 Å². The Bertz CT molecular complexity index is 499. The van der Waals surface area contributed by atoms with E-state index in [1.807, 2.05) is 24.0 Å². The molecule has 17 heavy (non-hydrogen) atoms. The maximum Gasteiger partial charge on any atom is 0.0533 e. The van der Waals surface area contributed by atoms with E-state index in [2.05, 4.69) is 40.6 Å². The molecule has 2 nitrogen and oxygen atoms in total. The number of hydrogen-bond donors (Lipinski definition) is 1. The van der Waals surface area contributed by atoms with Gasteiger partial charge >= 0.3 is 0 Å². The van der Waals surface area contributed by atoms with Crippen LogP contribution in [0, 0.1) is 0 Å². The number of thioether (sulfide) groups is 1. The van der Waals surface area contributed by atoms with Crippen molar-refractivity contribution in [2.75, 3.05) is 11.1 Å². The van der Waals surface area contributed by atoms with Crippen LogP contribution >= 0.6 is 11.8 Å². The molecule has 86 valence electrons. The summed E-state index contributed by atoms with van der Waals surface area (Å²) in [5, 5.41) is 3.56. The minimum Gasteiger partial charge on any atom is -0.377 e. The third kappa shape index (κ3) is 2.29. The largest absolute Gasteiger partial charge is 0.377 e. The molecule has 1 unspecified atom stereocenters. The highest BCUT2D eigenvalue weighted by Crippen LogP contribution is 2.37. The Morgan fingerprint density at radius 3 is 3.00 bits per heavy atom. The fourth-order valence-corrected chi connectivity index (χ4v) is 3.27. The Kier molecular flexibility index (Phi) is 3.01. The number of nitrogens with zero attached hydrogens (tertiary/aromatic N) is 1. The molecule has 0 spiro atoms. The van der Waals surface area contributed by atoms with E-state index in [1.165, 1.54) is 16.2 Å². The monoisotopic (exact) mass is 242 g/mol. The van der Waals surface area contributed by atoms with Gasteiger partial charge in [-0.15, -0.1) is 11.8 Å². The lowest BCUT2D eigenvalue weighted by Gasteiger charge is -2.26. The second kappa shape index (κ2) is 4.80. The highest BCUT2D eigenvalue weighted by atomic mass is 32.2. The van der Waals surface area contributed by atoms with Crippen LogP contribution in [0.2, 0.25) is 0 Å². The Labute approximate surface area is 105 Å². The summed E-state index contributed by atoms with van der Waals surface area (Å²) in [5.41, 5.74) is 2.51. The van der Waals surface area contributed by atoms with Gasteiger partial charge in [-0.2, -0.15) is 0 Å². The average Bonchev–Trinajstić information content (AvgIpc) is 2.40. The third-order valence-electron chi connectivity index (χ3n) is 2.96. The van der Waals surface area contributed by atoms with Crippen LogP contribution < -0.4 is 5.32 Å². The second-order valence-corrected chi connectivity index (χ2v) is 5.25. The fraction of sp³-hybridized carbons (Fsp3) is 0.214. The van der Waals surface area contributed by atoms with Crippen molar-refractivity contribution in [2.45, 2.75) is 17.4 Å². The van der Waals surface area contributed by atoms with Crippen molar-refractivity contribution in [1.29, 1.82) is 0 Å². The van der Waals surface area contributed by atoms with E-state index in [0.717, 1.165) is 12.1 Å². The van der Waals surface area contributed by atoms with Crippen LogP contribution in [0.15, 0.2) is 53.7 Å². The molecule has 1 aromatic carbocycles. The Morgan fingerprint density at radius 1 is 1.18 bits per heavy atom. The first-order valence-corrected chi connectivity index (χ1v) is 6.80. The molecule has 0 radical (unpaired) electrons. The molecule has 0 saturated carbocycles. The molecule has 0 amide bonds. The average molecular weight is 242 g/mol. The number of hydrogen-bond acceptors (Lipinski definition) is 3. The lowest BCUT2D eigenvalue weighted by Crippen LogP contribution is -2.15. The molecule has 0 aliphatic carbocycles. The number of benzene rings is 1. The molecule has 1 aromatic heterocycles. The standard InChI is InChI=1S/C14H14N2S/c1-2-6-14-12(5-1)13(7-9-17-14)16-11-4-3-8-15-10-11/h1-6,8,10,13,16H,7,9H2. The summed E-state index contributed by atoms with van der Waals surface area (Å²) in [4.78, 5) is 5.54. The van der Waals surface area contributed by atoms with Gasteiger partial charge in [-0.05, 0) is 30.2 Å². The predicted octanol–water partition coefficient (Wildman–Crippen LogP) is 3.73. The van der Waals surface area contributed by atoms with Crippen LogP contribution in [0.5, 0.6) is 0 Å². The molecule has 2 heterocycles. The van der Waals surface area contributed by atoms with Crippen molar-refractivity contribution < 1.29 is 0 Å². The van der Waals surface area contributed by atoms with Crippen LogP contribution in [-0.4, -0.2) is 10.7 Å². The summed E-state index contributed by atoms with van der Waals surface area (Å²) in [6.07, 6.45) is 4.84. The summed E-state index contributed by atoms with van der Waals surface area (Å²) in [7, 11) is 0. The molecule has 0 saturated heterocycles. The van der Waals surface area contributed by atoms with E-state index >= 15 is 0 Å². The summed E-state index contributed by atoms with van der Waals surface area (Å²) >= 11 is 1.95. The van der Waals surface area contributed by atoms with Crippen LogP contribution in [-0.2, 0) is 0 Å². The normalized spacial score (nSPS) is 18.5. The van der Waals surface area contributed by atoms with Crippen molar-refractivity contribution in [2.24, 2.45) is 0 Å². The summed E-state index contributed by atoms with van der Waals surface area (Å²) in [6, 6.07) is 13.1. The van der Waals surface area contributed by atoms with Gasteiger partial charge in [0.15, 0.2) is 0 Å². The zero-order chi connectivity index (χ0) is 11.5. The number of aromatic nitrogens is 1. The summed E-state index contributed by atoms with van der Waals surface area (Å²) in [6.45, 7) is 0. The van der Waals surface area contributed by atoms with E-state index in [-0.39, 0.29) is 0 Å². The van der Waals surface area contributed by atoms with Crippen molar-refractivity contribution in [3.63, 3.8) is 0 Å². The number of pyridine rings is 1. The number of anilines is 1. The molecule has 0 bridgehead atoms. The van der Waals surface area contributed by atoms with Crippen molar-refractivity contribution in [3.8, 4) is 0 Å². The Hall–Kier alpha value is -1.48. The van der Waals surface area contributed by atoms with E-state index in [9.17, 15) is 0 Å². The Balaban J connectivity index is 1.86. The van der Waals surface area contributed by atoms with Gasteiger partial charge in [-0.3, -0.25) is 4.98 Å². The van der Waals surface area contributed by atoms with Crippen LogP contribution in [0.4, 0.5) is 5.69 Å². The zero-order valence-corrected chi connectivity index (χ0v) is 10.3.